The van der Waals surface area contributed by atoms with Gasteiger partial charge in [0.05, 0.1) is 34.1 Å². The fourth-order valence-corrected chi connectivity index (χ4v) is 11.2. The van der Waals surface area contributed by atoms with E-state index in [9.17, 15) is 5.26 Å². The first kappa shape index (κ1) is 41.2. The molecule has 0 bridgehead atoms. The second-order valence-corrected chi connectivity index (χ2v) is 18.4. The molecule has 0 saturated carbocycles. The van der Waals surface area contributed by atoms with E-state index in [1.165, 1.54) is 27.8 Å². The second-order valence-electron chi connectivity index (χ2n) is 18.4. The number of benzene rings is 10. The van der Waals surface area contributed by atoms with Crippen molar-refractivity contribution in [1.29, 1.82) is 5.26 Å². The van der Waals surface area contributed by atoms with Gasteiger partial charge in [0, 0.05) is 67.3 Å². The van der Waals surface area contributed by atoms with Gasteiger partial charge in [-0.15, -0.1) is 0 Å². The van der Waals surface area contributed by atoms with Crippen molar-refractivity contribution < 1.29 is 0 Å². The van der Waals surface area contributed by atoms with Gasteiger partial charge in [-0.1, -0.05) is 158 Å². The highest BCUT2D eigenvalue weighted by Crippen LogP contribution is 2.47. The molecule has 0 radical (unpaired) electrons. The number of anilines is 6. The van der Waals surface area contributed by atoms with Gasteiger partial charge in [0.25, 0.3) is 6.71 Å². The number of rotatable bonds is 7. The minimum atomic E-state index is 0.0327. The van der Waals surface area contributed by atoms with E-state index in [-0.39, 0.29) is 6.71 Å². The fraction of sp³-hybridized carbons (Fsp3) is 0. The van der Waals surface area contributed by atoms with Gasteiger partial charge in [0.1, 0.15) is 0 Å². The summed E-state index contributed by atoms with van der Waals surface area (Å²) in [5, 5.41) is 12.9. The summed E-state index contributed by atoms with van der Waals surface area (Å²) >= 11 is 0. The first-order chi connectivity index (χ1) is 35.7. The van der Waals surface area contributed by atoms with Crippen LogP contribution in [-0.4, -0.2) is 21.2 Å². The Morgan fingerprint density at radius 1 is 0.375 bits per heavy atom. The Morgan fingerprint density at radius 3 is 1.47 bits per heavy atom. The van der Waals surface area contributed by atoms with Crippen LogP contribution in [0.3, 0.4) is 0 Å². The van der Waals surface area contributed by atoms with Crippen LogP contribution in [0, 0.1) is 11.3 Å². The highest BCUT2D eigenvalue weighted by molar-refractivity contribution is 7.00. The zero-order valence-electron chi connectivity index (χ0n) is 38.9. The van der Waals surface area contributed by atoms with Crippen LogP contribution in [0.5, 0.6) is 0 Å². The summed E-state index contributed by atoms with van der Waals surface area (Å²) in [6.45, 7) is 0.0327. The van der Waals surface area contributed by atoms with E-state index in [0.717, 1.165) is 83.9 Å². The molecule has 6 nitrogen and oxygen atoms in total. The maximum Gasteiger partial charge on any atom is 0.252 e. The van der Waals surface area contributed by atoms with E-state index in [0.29, 0.717) is 17.0 Å². The highest BCUT2D eigenvalue weighted by atomic mass is 15.2. The van der Waals surface area contributed by atoms with Crippen LogP contribution in [0.4, 0.5) is 34.1 Å². The summed E-state index contributed by atoms with van der Waals surface area (Å²) in [5.41, 5.74) is 20.7. The van der Waals surface area contributed by atoms with E-state index in [2.05, 4.69) is 215 Å². The molecule has 2 aromatic heterocycles. The van der Waals surface area contributed by atoms with E-state index in [4.69, 9.17) is 9.97 Å². The summed E-state index contributed by atoms with van der Waals surface area (Å²) in [6.07, 6.45) is 0. The molecule has 0 amide bonds. The van der Waals surface area contributed by atoms with Gasteiger partial charge in [-0.2, -0.15) is 5.26 Å². The topological polar surface area (TPSA) is 61.0 Å². The lowest BCUT2D eigenvalue weighted by molar-refractivity contribution is 1.15. The molecule has 12 aromatic rings. The molecule has 2 aliphatic heterocycles. The average Bonchev–Trinajstić information content (AvgIpc) is 3.79. The summed E-state index contributed by atoms with van der Waals surface area (Å²) in [4.78, 5) is 15.2. The number of hydrogen-bond donors (Lipinski definition) is 0. The molecule has 7 heteroatoms. The van der Waals surface area contributed by atoms with Crippen LogP contribution in [0.1, 0.15) is 5.56 Å². The van der Waals surface area contributed by atoms with Crippen molar-refractivity contribution in [2.24, 2.45) is 0 Å². The average molecular weight is 917 g/mol. The summed E-state index contributed by atoms with van der Waals surface area (Å²) < 4.78 is 2.31. The molecule has 0 unspecified atom stereocenters. The number of hydrogen-bond acceptors (Lipinski definition) is 5. The zero-order valence-corrected chi connectivity index (χ0v) is 38.9. The molecule has 10 aromatic carbocycles. The normalized spacial score (nSPS) is 12.3. The Balaban J connectivity index is 0.973. The van der Waals surface area contributed by atoms with Gasteiger partial charge in [-0.3, -0.25) is 0 Å². The molecular formula is C65H41BN6. The molecule has 4 heterocycles. The molecule has 0 N–H and O–H groups in total. The maximum absolute atomic E-state index is 10.6. The van der Waals surface area contributed by atoms with Crippen LogP contribution in [0.15, 0.2) is 249 Å². The Morgan fingerprint density at radius 2 is 0.889 bits per heavy atom. The smallest absolute Gasteiger partial charge is 0.252 e. The van der Waals surface area contributed by atoms with Crippen molar-refractivity contribution in [1.82, 2.24) is 14.5 Å². The number of aromatic nitrogens is 3. The lowest BCUT2D eigenvalue weighted by Gasteiger charge is -2.44. The first-order valence-corrected chi connectivity index (χ1v) is 24.3. The van der Waals surface area contributed by atoms with Crippen molar-refractivity contribution in [3.05, 3.63) is 254 Å². The molecule has 0 atom stereocenters. The molecule has 0 aliphatic carbocycles. The minimum Gasteiger partial charge on any atom is -0.311 e. The number of para-hydroxylation sites is 5. The van der Waals surface area contributed by atoms with Crippen molar-refractivity contribution in [3.63, 3.8) is 0 Å². The minimum absolute atomic E-state index is 0.0327. The zero-order chi connectivity index (χ0) is 47.7. The van der Waals surface area contributed by atoms with Gasteiger partial charge in [-0.05, 0) is 119 Å². The summed E-state index contributed by atoms with van der Waals surface area (Å²) in [7, 11) is 0. The predicted molar refractivity (Wildman–Crippen MR) is 297 cm³/mol. The Kier molecular flexibility index (Phi) is 9.58. The van der Waals surface area contributed by atoms with E-state index in [1.54, 1.807) is 0 Å². The quantitative estimate of drug-likeness (QED) is 0.149. The third-order valence-corrected chi connectivity index (χ3v) is 14.4. The standard InChI is InChI=1S/C65H41BN6/c67-42-46-33-35-50(40-52(46)65-68-56(43-19-5-1-6-20-43)41-57(69-65)44-21-7-2-8-22-44)72-58-30-16-13-27-51(58)53-37-45(34-36-59(53)72)47-38-62-64-63(39-47)71(49-25-11-4-12-26-49)61-32-18-15-29-55(61)66(64)54-28-14-17-31-60(54)70(62)48-23-9-3-10-24-48/h1-41H. The third kappa shape index (κ3) is 6.58. The van der Waals surface area contributed by atoms with E-state index in [1.807, 2.05) is 54.6 Å². The number of nitrogens with zero attached hydrogens (tertiary/aromatic N) is 6. The molecule has 0 saturated heterocycles. The SMILES string of the molecule is N#Cc1ccc(-n2c3ccccc3c3cc(-c4cc5c6c(c4)N(c4ccccc4)c4ccccc4B6c4ccccc4N5c4ccccc4)ccc32)cc1-c1nc(-c2ccccc2)cc(-c2ccccc2)n1. The Hall–Kier alpha value is -9.77. The van der Waals surface area contributed by atoms with Gasteiger partial charge in [-0.25, -0.2) is 9.97 Å². The van der Waals surface area contributed by atoms with Crippen molar-refractivity contribution in [2.45, 2.75) is 0 Å². The number of fused-ring (bicyclic) bond motifs is 7. The van der Waals surface area contributed by atoms with Crippen molar-refractivity contribution in [3.8, 4) is 56.8 Å². The highest BCUT2D eigenvalue weighted by Gasteiger charge is 2.43. The number of nitriles is 1. The Bertz CT molecular complexity index is 3960. The van der Waals surface area contributed by atoms with Crippen molar-refractivity contribution >= 4 is 79.0 Å². The van der Waals surface area contributed by atoms with Gasteiger partial charge < -0.3 is 14.4 Å². The monoisotopic (exact) mass is 916 g/mol. The second kappa shape index (κ2) is 16.7. The Labute approximate surface area is 417 Å². The van der Waals surface area contributed by atoms with Crippen LogP contribution in [-0.2, 0) is 0 Å². The molecule has 0 fully saturated rings. The van der Waals surface area contributed by atoms with Gasteiger partial charge in [0.2, 0.25) is 0 Å². The molecular weight excluding hydrogens is 876 g/mol. The van der Waals surface area contributed by atoms with E-state index >= 15 is 0 Å². The van der Waals surface area contributed by atoms with Gasteiger partial charge in [0.15, 0.2) is 5.82 Å². The van der Waals surface area contributed by atoms with Crippen LogP contribution >= 0.6 is 0 Å². The molecule has 2 aliphatic rings. The largest absolute Gasteiger partial charge is 0.311 e. The molecule has 14 rings (SSSR count). The third-order valence-electron chi connectivity index (χ3n) is 14.4. The molecule has 0 spiro atoms. The van der Waals surface area contributed by atoms with Crippen LogP contribution < -0.4 is 26.2 Å². The van der Waals surface area contributed by atoms with Gasteiger partial charge >= 0.3 is 0 Å². The lowest BCUT2D eigenvalue weighted by Crippen LogP contribution is -2.61. The summed E-state index contributed by atoms with van der Waals surface area (Å²) in [5.74, 6) is 0.495. The van der Waals surface area contributed by atoms with Crippen molar-refractivity contribution in [2.75, 3.05) is 9.80 Å². The molecule has 334 valence electrons. The summed E-state index contributed by atoms with van der Waals surface area (Å²) in [6, 6.07) is 90.5. The maximum atomic E-state index is 10.6. The molecule has 72 heavy (non-hydrogen) atoms. The predicted octanol–water partition coefficient (Wildman–Crippen LogP) is 14.2. The first-order valence-electron chi connectivity index (χ1n) is 24.3. The lowest BCUT2D eigenvalue weighted by atomic mass is 9.33. The van der Waals surface area contributed by atoms with Crippen LogP contribution in [0.2, 0.25) is 0 Å². The fourth-order valence-electron chi connectivity index (χ4n) is 11.2. The van der Waals surface area contributed by atoms with E-state index < -0.39 is 0 Å². The van der Waals surface area contributed by atoms with Crippen LogP contribution in [0.25, 0.3) is 72.5 Å².